The summed E-state index contributed by atoms with van der Waals surface area (Å²) in [6.45, 7) is 3.69. The van der Waals surface area contributed by atoms with Crippen LogP contribution in [-0.2, 0) is 0 Å². The highest BCUT2D eigenvalue weighted by molar-refractivity contribution is 6.02. The first kappa shape index (κ1) is 13.2. The lowest BCUT2D eigenvalue weighted by atomic mass is 9.95. The van der Waals surface area contributed by atoms with E-state index in [2.05, 4.69) is 15.3 Å². The normalized spacial score (nSPS) is 11.2. The topological polar surface area (TPSA) is 115 Å². The van der Waals surface area contributed by atoms with E-state index in [-0.39, 0.29) is 24.5 Å². The Bertz CT molecular complexity index is 425. The van der Waals surface area contributed by atoms with E-state index in [1.54, 1.807) is 13.8 Å². The van der Waals surface area contributed by atoms with Gasteiger partial charge in [0.25, 0.3) is 5.91 Å². The molecule has 0 saturated carbocycles. The quantitative estimate of drug-likeness (QED) is 0.572. The first-order valence-corrected chi connectivity index (χ1v) is 5.03. The van der Waals surface area contributed by atoms with Gasteiger partial charge in [0.05, 0.1) is 6.33 Å². The highest BCUT2D eigenvalue weighted by atomic mass is 16.4. The molecule has 0 fully saturated rings. The molecule has 0 spiro atoms. The van der Waals surface area contributed by atoms with Gasteiger partial charge in [-0.1, -0.05) is 13.8 Å². The lowest BCUT2D eigenvalue weighted by Gasteiger charge is -2.21. The van der Waals surface area contributed by atoms with Crippen LogP contribution in [0.1, 0.15) is 34.8 Å². The molecule has 0 aliphatic heterocycles. The zero-order chi connectivity index (χ0) is 13.1. The molecule has 1 aromatic heterocycles. The fourth-order valence-electron chi connectivity index (χ4n) is 1.09. The first-order valence-electron chi connectivity index (χ1n) is 5.03. The third kappa shape index (κ3) is 3.28. The van der Waals surface area contributed by atoms with E-state index in [0.717, 1.165) is 6.33 Å². The number of nitrogens with zero attached hydrogens (tertiary/aromatic N) is 1. The van der Waals surface area contributed by atoms with Crippen LogP contribution in [0.15, 0.2) is 6.33 Å². The van der Waals surface area contributed by atoms with Crippen molar-refractivity contribution in [2.24, 2.45) is 5.41 Å². The number of amides is 1. The lowest BCUT2D eigenvalue weighted by Crippen LogP contribution is -2.36. The van der Waals surface area contributed by atoms with Gasteiger partial charge in [0.1, 0.15) is 0 Å². The number of carbonyl (C=O) groups is 2. The minimum Gasteiger partial charge on any atom is -0.477 e. The third-order valence-corrected chi connectivity index (χ3v) is 2.22. The number of H-pyrrole nitrogens is 1. The molecule has 0 saturated heterocycles. The monoisotopic (exact) mass is 241 g/mol. The van der Waals surface area contributed by atoms with Crippen molar-refractivity contribution in [1.82, 2.24) is 15.3 Å². The Morgan fingerprint density at radius 1 is 1.53 bits per heavy atom. The van der Waals surface area contributed by atoms with Crippen LogP contribution in [0.2, 0.25) is 0 Å². The van der Waals surface area contributed by atoms with E-state index in [1.165, 1.54) is 0 Å². The summed E-state index contributed by atoms with van der Waals surface area (Å²) in [5.41, 5.74) is -0.870. The van der Waals surface area contributed by atoms with E-state index < -0.39 is 17.3 Å². The van der Waals surface area contributed by atoms with Crippen molar-refractivity contribution in [3.63, 3.8) is 0 Å². The molecule has 4 N–H and O–H groups in total. The Morgan fingerprint density at radius 3 is 2.71 bits per heavy atom. The number of hydrogen-bond acceptors (Lipinski definition) is 4. The predicted octanol–water partition coefficient (Wildman–Crippen LogP) is -0.144. The van der Waals surface area contributed by atoms with E-state index in [0.29, 0.717) is 0 Å². The van der Waals surface area contributed by atoms with Gasteiger partial charge < -0.3 is 20.5 Å². The van der Waals surface area contributed by atoms with Crippen molar-refractivity contribution in [1.29, 1.82) is 0 Å². The molecule has 0 aliphatic carbocycles. The van der Waals surface area contributed by atoms with Crippen molar-refractivity contribution in [2.75, 3.05) is 13.2 Å². The van der Waals surface area contributed by atoms with E-state index in [4.69, 9.17) is 10.2 Å². The highest BCUT2D eigenvalue weighted by Gasteiger charge is 2.22. The van der Waals surface area contributed by atoms with Crippen molar-refractivity contribution >= 4 is 11.9 Å². The van der Waals surface area contributed by atoms with Crippen LogP contribution >= 0.6 is 0 Å². The molecule has 1 amide bonds. The largest absolute Gasteiger partial charge is 0.477 e. The fraction of sp³-hybridized carbons (Fsp3) is 0.500. The summed E-state index contributed by atoms with van der Waals surface area (Å²) in [7, 11) is 0. The van der Waals surface area contributed by atoms with E-state index in [1.807, 2.05) is 0 Å². The van der Waals surface area contributed by atoms with Crippen molar-refractivity contribution < 1.29 is 19.8 Å². The molecule has 1 aromatic rings. The molecule has 0 aromatic carbocycles. The average Bonchev–Trinajstić information content (AvgIpc) is 2.75. The van der Waals surface area contributed by atoms with E-state index >= 15 is 0 Å². The van der Waals surface area contributed by atoms with Gasteiger partial charge in [-0.25, -0.2) is 9.78 Å². The predicted molar refractivity (Wildman–Crippen MR) is 58.7 cm³/mol. The summed E-state index contributed by atoms with van der Waals surface area (Å²) in [5.74, 6) is -1.82. The Hall–Kier alpha value is -1.89. The number of aromatic carboxylic acids is 1. The minimum absolute atomic E-state index is 0.0837. The van der Waals surface area contributed by atoms with Gasteiger partial charge in [-0.3, -0.25) is 4.79 Å². The van der Waals surface area contributed by atoms with Crippen LogP contribution in [0.5, 0.6) is 0 Å². The highest BCUT2D eigenvalue weighted by Crippen LogP contribution is 2.12. The van der Waals surface area contributed by atoms with Gasteiger partial charge in [0.2, 0.25) is 0 Å². The maximum absolute atomic E-state index is 11.7. The first-order chi connectivity index (χ1) is 7.87. The molecule has 1 rings (SSSR count). The smallest absolute Gasteiger partial charge is 0.354 e. The molecule has 17 heavy (non-hydrogen) atoms. The van der Waals surface area contributed by atoms with Crippen LogP contribution in [0.25, 0.3) is 0 Å². The molecule has 0 atom stereocenters. The number of aromatic amines is 1. The summed E-state index contributed by atoms with van der Waals surface area (Å²) >= 11 is 0. The number of nitrogens with one attached hydrogen (secondary N) is 2. The number of aliphatic hydroxyl groups is 1. The van der Waals surface area contributed by atoms with Crippen molar-refractivity contribution in [3.8, 4) is 0 Å². The second-order valence-electron chi connectivity index (χ2n) is 4.44. The molecule has 0 bridgehead atoms. The molecule has 0 unspecified atom stereocenters. The maximum atomic E-state index is 11.7. The summed E-state index contributed by atoms with van der Waals surface area (Å²) in [6, 6.07) is 0. The van der Waals surface area contributed by atoms with Gasteiger partial charge in [0, 0.05) is 18.6 Å². The second kappa shape index (κ2) is 4.96. The Kier molecular flexibility index (Phi) is 3.84. The van der Waals surface area contributed by atoms with Crippen LogP contribution < -0.4 is 5.32 Å². The second-order valence-corrected chi connectivity index (χ2v) is 4.44. The SMILES string of the molecule is CC(C)(CO)CNC(=O)c1nc[nH]c1C(=O)O. The molecule has 1 heterocycles. The Balaban J connectivity index is 2.71. The number of aliphatic hydroxyl groups excluding tert-OH is 1. The van der Waals surface area contributed by atoms with Gasteiger partial charge in [-0.2, -0.15) is 0 Å². The number of carboxylic acid groups (broad SMARTS) is 1. The molecular formula is C10H15N3O4. The summed E-state index contributed by atoms with van der Waals surface area (Å²) in [5, 5.41) is 20.3. The van der Waals surface area contributed by atoms with Crippen LogP contribution in [-0.4, -0.2) is 45.2 Å². The lowest BCUT2D eigenvalue weighted by molar-refractivity contribution is 0.0684. The summed E-state index contributed by atoms with van der Waals surface area (Å²) < 4.78 is 0. The molecule has 94 valence electrons. The minimum atomic E-state index is -1.24. The van der Waals surface area contributed by atoms with Crippen molar-refractivity contribution in [3.05, 3.63) is 17.7 Å². The van der Waals surface area contributed by atoms with Crippen LogP contribution in [0.4, 0.5) is 0 Å². The molecule has 0 radical (unpaired) electrons. The van der Waals surface area contributed by atoms with E-state index in [9.17, 15) is 9.59 Å². The fourth-order valence-corrected chi connectivity index (χ4v) is 1.09. The zero-order valence-electron chi connectivity index (χ0n) is 9.65. The standard InChI is InChI=1S/C10H15N3O4/c1-10(2,4-14)3-11-8(15)6-7(9(16)17)13-5-12-6/h5,14H,3-4H2,1-2H3,(H,11,15)(H,12,13)(H,16,17). The average molecular weight is 241 g/mol. The number of imidazole rings is 1. The Morgan fingerprint density at radius 2 is 2.18 bits per heavy atom. The number of carbonyl (C=O) groups excluding carboxylic acids is 1. The zero-order valence-corrected chi connectivity index (χ0v) is 9.65. The number of carboxylic acids is 1. The third-order valence-electron chi connectivity index (χ3n) is 2.22. The Labute approximate surface area is 97.9 Å². The summed E-state index contributed by atoms with van der Waals surface area (Å²) in [6.07, 6.45) is 1.15. The van der Waals surface area contributed by atoms with Gasteiger partial charge >= 0.3 is 5.97 Å². The maximum Gasteiger partial charge on any atom is 0.354 e. The van der Waals surface area contributed by atoms with Crippen molar-refractivity contribution in [2.45, 2.75) is 13.8 Å². The number of rotatable bonds is 5. The summed E-state index contributed by atoms with van der Waals surface area (Å²) in [4.78, 5) is 28.4. The van der Waals surface area contributed by atoms with Gasteiger partial charge in [-0.15, -0.1) is 0 Å². The number of aromatic nitrogens is 2. The molecule has 7 heteroatoms. The van der Waals surface area contributed by atoms with Crippen LogP contribution in [0, 0.1) is 5.41 Å². The molecule has 0 aliphatic rings. The van der Waals surface area contributed by atoms with Crippen LogP contribution in [0.3, 0.4) is 0 Å². The van der Waals surface area contributed by atoms with Gasteiger partial charge in [-0.05, 0) is 0 Å². The van der Waals surface area contributed by atoms with Gasteiger partial charge in [0.15, 0.2) is 11.4 Å². The number of hydrogen-bond donors (Lipinski definition) is 4. The molecular weight excluding hydrogens is 226 g/mol. The molecule has 7 nitrogen and oxygen atoms in total.